The molecule has 3 nitrogen and oxygen atoms in total. The van der Waals surface area contributed by atoms with E-state index in [-0.39, 0.29) is 4.08 Å². The van der Waals surface area contributed by atoms with Crippen molar-refractivity contribution in [2.45, 2.75) is 40.9 Å². The summed E-state index contributed by atoms with van der Waals surface area (Å²) in [4.78, 5) is 5.86. The Balaban J connectivity index is 1.50. The van der Waals surface area contributed by atoms with E-state index in [0.29, 0.717) is 17.1 Å². The molecule has 168 valence electrons. The number of thioether (sulfide) groups is 3. The maximum absolute atomic E-state index is 5.96. The molecule has 0 unspecified atom stereocenters. The second kappa shape index (κ2) is 9.78. The summed E-state index contributed by atoms with van der Waals surface area (Å²) in [5.41, 5.74) is 8.70. The lowest BCUT2D eigenvalue weighted by atomic mass is 9.75. The first-order valence-electron chi connectivity index (χ1n) is 11.4. The maximum Gasteiger partial charge on any atom is 0.154 e. The number of allylic oxidation sites excluding steroid dienone is 1. The average Bonchev–Trinajstić information content (AvgIpc) is 3.28. The van der Waals surface area contributed by atoms with Crippen LogP contribution in [0.4, 0.5) is 0 Å². The normalized spacial score (nSPS) is 29.7. The average molecular weight is 483 g/mol. The number of hydrogen-bond acceptors (Lipinski definition) is 6. The van der Waals surface area contributed by atoms with Crippen LogP contribution in [0, 0.1) is 5.92 Å². The van der Waals surface area contributed by atoms with Gasteiger partial charge in [0.15, 0.2) is 5.17 Å². The van der Waals surface area contributed by atoms with Crippen LogP contribution in [0.15, 0.2) is 65.7 Å². The van der Waals surface area contributed by atoms with Crippen molar-refractivity contribution in [3.05, 3.63) is 71.8 Å². The summed E-state index contributed by atoms with van der Waals surface area (Å²) in [5, 5.41) is 1.26. The number of aliphatic imine (C=N–C) groups is 1. The molecule has 0 spiro atoms. The molecule has 1 fully saturated rings. The van der Waals surface area contributed by atoms with Crippen LogP contribution in [0.3, 0.4) is 0 Å². The van der Waals surface area contributed by atoms with Gasteiger partial charge in [0.25, 0.3) is 0 Å². The molecule has 5 rings (SSSR count). The number of hydrogen-bond donors (Lipinski definition) is 1. The zero-order valence-corrected chi connectivity index (χ0v) is 20.9. The molecule has 0 saturated heterocycles. The monoisotopic (exact) mass is 482 g/mol. The van der Waals surface area contributed by atoms with Crippen LogP contribution < -0.4 is 10.5 Å². The smallest absolute Gasteiger partial charge is 0.154 e. The predicted octanol–water partition coefficient (Wildman–Crippen LogP) is 6.62. The van der Waals surface area contributed by atoms with E-state index in [1.54, 1.807) is 18.9 Å². The third-order valence-corrected chi connectivity index (χ3v) is 11.6. The van der Waals surface area contributed by atoms with Gasteiger partial charge >= 0.3 is 0 Å². The first-order chi connectivity index (χ1) is 15.7. The van der Waals surface area contributed by atoms with Gasteiger partial charge in [-0.15, -0.1) is 23.5 Å². The molecule has 2 aromatic rings. The van der Waals surface area contributed by atoms with E-state index in [2.05, 4.69) is 89.2 Å². The van der Waals surface area contributed by atoms with E-state index in [9.17, 15) is 0 Å². The second-order valence-electron chi connectivity index (χ2n) is 8.69. The number of methoxy groups -OCH3 is 1. The van der Waals surface area contributed by atoms with Crippen LogP contribution in [0.5, 0.6) is 5.75 Å². The predicted molar refractivity (Wildman–Crippen MR) is 143 cm³/mol. The summed E-state index contributed by atoms with van der Waals surface area (Å²) in [6, 6.07) is 19.7. The number of fused-ring (bicyclic) bond motifs is 1. The molecule has 0 radical (unpaired) electrons. The molecule has 32 heavy (non-hydrogen) atoms. The molecule has 2 aliphatic heterocycles. The lowest BCUT2D eigenvalue weighted by molar-refractivity contribution is 0.320. The topological polar surface area (TPSA) is 47.6 Å². The Hall–Kier alpha value is -1.50. The minimum absolute atomic E-state index is 0.195. The summed E-state index contributed by atoms with van der Waals surface area (Å²) in [6.45, 7) is 0.859. The lowest BCUT2D eigenvalue weighted by Crippen LogP contribution is -2.41. The van der Waals surface area contributed by atoms with Crippen molar-refractivity contribution in [3.8, 4) is 5.75 Å². The van der Waals surface area contributed by atoms with Gasteiger partial charge in [-0.1, -0.05) is 73.1 Å². The fourth-order valence-electron chi connectivity index (χ4n) is 5.10. The number of amidine groups is 1. The Kier molecular flexibility index (Phi) is 6.81. The van der Waals surface area contributed by atoms with Gasteiger partial charge in [-0.05, 0) is 42.0 Å². The van der Waals surface area contributed by atoms with Crippen LogP contribution in [0.1, 0.15) is 42.7 Å². The Morgan fingerprint density at radius 1 is 1.12 bits per heavy atom. The molecule has 2 heterocycles. The fourth-order valence-corrected chi connectivity index (χ4v) is 9.77. The van der Waals surface area contributed by atoms with E-state index in [1.807, 2.05) is 0 Å². The number of nitrogens with zero attached hydrogens (tertiary/aromatic N) is 1. The van der Waals surface area contributed by atoms with Crippen LogP contribution in [0.25, 0.3) is 4.91 Å². The van der Waals surface area contributed by atoms with Crippen molar-refractivity contribution < 1.29 is 4.74 Å². The Labute approximate surface area is 204 Å². The summed E-state index contributed by atoms with van der Waals surface area (Å²) in [7, 11) is 1.74. The standard InChI is InChI=1S/C26H30N2OS3/c1-29-20-12-10-18(11-13-20)22-15-24(19-7-3-2-4-8-19)32-26(14-6-5-9-23(22)26)30-17-21-16-28-25(27)31-21/h2-4,7-8,10-13,15,21-23H,5-6,9,14,16-17H2,1H3,(H2,27,28)/t21-,22+,23+,26+/m0/s1. The maximum atomic E-state index is 5.96. The number of nitrogens with two attached hydrogens (primary N) is 1. The van der Waals surface area contributed by atoms with E-state index in [0.717, 1.165) is 23.2 Å². The SMILES string of the molecule is COc1ccc([C@H]2C=C(c3ccccc3)S[C@]3(SC[C@@H]4CN=C(N)S4)CCCC[C@H]23)cc1. The van der Waals surface area contributed by atoms with Gasteiger partial charge in [0.2, 0.25) is 0 Å². The highest BCUT2D eigenvalue weighted by molar-refractivity contribution is 8.23. The molecule has 0 bridgehead atoms. The van der Waals surface area contributed by atoms with Gasteiger partial charge in [0, 0.05) is 21.8 Å². The van der Waals surface area contributed by atoms with Gasteiger partial charge in [0.1, 0.15) is 5.75 Å². The Bertz CT molecular complexity index is 992. The fraction of sp³-hybridized carbons (Fsp3) is 0.423. The highest BCUT2D eigenvalue weighted by atomic mass is 32.2. The number of rotatable bonds is 6. The van der Waals surface area contributed by atoms with Crippen LogP contribution in [-0.2, 0) is 0 Å². The Morgan fingerprint density at radius 2 is 1.94 bits per heavy atom. The number of benzene rings is 2. The van der Waals surface area contributed by atoms with Gasteiger partial charge in [-0.25, -0.2) is 0 Å². The molecular formula is C26H30N2OS3. The summed E-state index contributed by atoms with van der Waals surface area (Å²) in [5.74, 6) is 3.07. The quantitative estimate of drug-likeness (QED) is 0.501. The first kappa shape index (κ1) is 22.3. The minimum atomic E-state index is 0.195. The highest BCUT2D eigenvalue weighted by Crippen LogP contribution is 2.63. The number of ether oxygens (including phenoxy) is 1. The van der Waals surface area contributed by atoms with Gasteiger partial charge < -0.3 is 10.5 Å². The molecule has 0 aromatic heterocycles. The first-order valence-corrected chi connectivity index (χ1v) is 14.1. The van der Waals surface area contributed by atoms with Crippen molar-refractivity contribution in [3.63, 3.8) is 0 Å². The van der Waals surface area contributed by atoms with Gasteiger partial charge in [0.05, 0.1) is 17.7 Å². The van der Waals surface area contributed by atoms with E-state index >= 15 is 0 Å². The van der Waals surface area contributed by atoms with Gasteiger partial charge in [-0.3, -0.25) is 4.99 Å². The van der Waals surface area contributed by atoms with Crippen LogP contribution >= 0.6 is 35.3 Å². The van der Waals surface area contributed by atoms with Crippen molar-refractivity contribution in [2.24, 2.45) is 16.6 Å². The molecule has 2 aromatic carbocycles. The third kappa shape index (κ3) is 4.59. The molecule has 0 amide bonds. The molecule has 3 aliphatic rings. The van der Waals surface area contributed by atoms with Crippen molar-refractivity contribution >= 4 is 45.4 Å². The van der Waals surface area contributed by atoms with E-state index in [4.69, 9.17) is 10.5 Å². The molecule has 1 saturated carbocycles. The zero-order valence-electron chi connectivity index (χ0n) is 18.4. The van der Waals surface area contributed by atoms with E-state index < -0.39 is 0 Å². The molecule has 2 N–H and O–H groups in total. The van der Waals surface area contributed by atoms with Crippen LogP contribution in [-0.4, -0.2) is 33.9 Å². The lowest BCUT2D eigenvalue weighted by Gasteiger charge is -2.50. The molecule has 1 aliphatic carbocycles. The zero-order chi connectivity index (χ0) is 22.0. The summed E-state index contributed by atoms with van der Waals surface area (Å²) >= 11 is 6.07. The minimum Gasteiger partial charge on any atom is -0.497 e. The van der Waals surface area contributed by atoms with Gasteiger partial charge in [-0.2, -0.15) is 0 Å². The van der Waals surface area contributed by atoms with Crippen molar-refractivity contribution in [1.29, 1.82) is 0 Å². The third-order valence-electron chi connectivity index (χ3n) is 6.71. The van der Waals surface area contributed by atoms with Crippen molar-refractivity contribution in [1.82, 2.24) is 0 Å². The largest absolute Gasteiger partial charge is 0.497 e. The molecule has 4 atom stereocenters. The Morgan fingerprint density at radius 3 is 2.66 bits per heavy atom. The molecule has 6 heteroatoms. The van der Waals surface area contributed by atoms with E-state index in [1.165, 1.54) is 41.7 Å². The second-order valence-corrected chi connectivity index (χ2v) is 13.0. The van der Waals surface area contributed by atoms with Crippen LogP contribution in [0.2, 0.25) is 0 Å². The molecular weight excluding hydrogens is 453 g/mol. The highest BCUT2D eigenvalue weighted by Gasteiger charge is 2.49. The summed E-state index contributed by atoms with van der Waals surface area (Å²) in [6.07, 6.45) is 7.72. The van der Waals surface area contributed by atoms with Crippen molar-refractivity contribution in [2.75, 3.05) is 19.4 Å². The summed E-state index contributed by atoms with van der Waals surface area (Å²) < 4.78 is 5.63.